The summed E-state index contributed by atoms with van der Waals surface area (Å²) in [5.41, 5.74) is 5.82. The maximum absolute atomic E-state index is 6.06. The molecule has 0 radical (unpaired) electrons. The maximum atomic E-state index is 6.06. The van der Waals surface area contributed by atoms with Gasteiger partial charge in [0.15, 0.2) is 0 Å². The summed E-state index contributed by atoms with van der Waals surface area (Å²) in [5, 5.41) is 0. The van der Waals surface area contributed by atoms with E-state index in [1.807, 2.05) is 6.08 Å². The number of ether oxygens (including phenoxy) is 2. The van der Waals surface area contributed by atoms with E-state index >= 15 is 0 Å². The Kier molecular flexibility index (Phi) is 5.96. The third-order valence-corrected chi connectivity index (χ3v) is 4.34. The second-order valence-corrected chi connectivity index (χ2v) is 6.41. The van der Waals surface area contributed by atoms with Gasteiger partial charge in [0.1, 0.15) is 5.76 Å². The van der Waals surface area contributed by atoms with Gasteiger partial charge in [0.2, 0.25) is 0 Å². The first-order valence-electron chi connectivity index (χ1n) is 8.08. The summed E-state index contributed by atoms with van der Waals surface area (Å²) >= 11 is 0. The molecule has 0 atom stereocenters. The zero-order valence-corrected chi connectivity index (χ0v) is 12.8. The molecule has 1 saturated carbocycles. The lowest BCUT2D eigenvalue weighted by atomic mass is 9.83. The van der Waals surface area contributed by atoms with Crippen molar-refractivity contribution in [3.05, 3.63) is 23.7 Å². The van der Waals surface area contributed by atoms with E-state index in [4.69, 9.17) is 15.2 Å². The van der Waals surface area contributed by atoms with Crippen molar-refractivity contribution in [2.75, 3.05) is 19.8 Å². The minimum atomic E-state index is 0.348. The van der Waals surface area contributed by atoms with Gasteiger partial charge in [-0.05, 0) is 25.3 Å². The van der Waals surface area contributed by atoms with E-state index in [0.29, 0.717) is 18.6 Å². The van der Waals surface area contributed by atoms with Crippen LogP contribution in [0.15, 0.2) is 23.7 Å². The Morgan fingerprint density at radius 3 is 2.60 bits per heavy atom. The molecule has 20 heavy (non-hydrogen) atoms. The number of allylic oxidation sites excluding steroid dienone is 3. The Morgan fingerprint density at radius 2 is 1.90 bits per heavy atom. The van der Waals surface area contributed by atoms with E-state index in [9.17, 15) is 0 Å². The minimum Gasteiger partial charge on any atom is -0.496 e. The molecule has 3 nitrogen and oxygen atoms in total. The van der Waals surface area contributed by atoms with Crippen molar-refractivity contribution in [1.29, 1.82) is 0 Å². The summed E-state index contributed by atoms with van der Waals surface area (Å²) in [4.78, 5) is 0. The van der Waals surface area contributed by atoms with Crippen molar-refractivity contribution in [2.24, 2.45) is 11.1 Å². The first-order chi connectivity index (χ1) is 9.72. The van der Waals surface area contributed by atoms with E-state index in [2.05, 4.69) is 13.0 Å². The van der Waals surface area contributed by atoms with E-state index < -0.39 is 0 Å². The molecule has 2 rings (SSSR count). The van der Waals surface area contributed by atoms with Crippen LogP contribution in [0.3, 0.4) is 0 Å². The highest BCUT2D eigenvalue weighted by molar-refractivity contribution is 5.20. The highest BCUT2D eigenvalue weighted by Crippen LogP contribution is 2.35. The lowest BCUT2D eigenvalue weighted by molar-refractivity contribution is 0.0923. The highest BCUT2D eigenvalue weighted by Gasteiger charge is 2.26. The number of nitrogens with two attached hydrogens (primary N) is 1. The predicted octanol–water partition coefficient (Wildman–Crippen LogP) is 3.90. The van der Waals surface area contributed by atoms with Gasteiger partial charge in [-0.1, -0.05) is 32.6 Å². The van der Waals surface area contributed by atoms with Crippen molar-refractivity contribution in [3.63, 3.8) is 0 Å². The molecular weight excluding hydrogens is 250 g/mol. The fraction of sp³-hybridized carbons (Fsp3) is 0.765. The van der Waals surface area contributed by atoms with Gasteiger partial charge >= 0.3 is 0 Å². The topological polar surface area (TPSA) is 44.5 Å². The molecule has 0 heterocycles. The van der Waals surface area contributed by atoms with Gasteiger partial charge in [0.05, 0.1) is 19.0 Å². The fourth-order valence-electron chi connectivity index (χ4n) is 3.03. The lowest BCUT2D eigenvalue weighted by Crippen LogP contribution is -2.22. The van der Waals surface area contributed by atoms with Gasteiger partial charge in [-0.15, -0.1) is 0 Å². The normalized spacial score (nSPS) is 22.5. The molecule has 0 amide bonds. The monoisotopic (exact) mass is 279 g/mol. The molecular formula is C17H29NO2. The van der Waals surface area contributed by atoms with Crippen molar-refractivity contribution in [1.82, 2.24) is 0 Å². The van der Waals surface area contributed by atoms with Crippen LogP contribution >= 0.6 is 0 Å². The van der Waals surface area contributed by atoms with Gasteiger partial charge in [0, 0.05) is 24.5 Å². The SMILES string of the molecule is CC1(COC2=CCCC(OCCN)=C2)CCCCCC1. The molecule has 0 spiro atoms. The summed E-state index contributed by atoms with van der Waals surface area (Å²) in [6, 6.07) is 0. The van der Waals surface area contributed by atoms with Crippen LogP contribution in [0.5, 0.6) is 0 Å². The van der Waals surface area contributed by atoms with Crippen LogP contribution in [0.2, 0.25) is 0 Å². The van der Waals surface area contributed by atoms with Crippen molar-refractivity contribution >= 4 is 0 Å². The highest BCUT2D eigenvalue weighted by atomic mass is 16.5. The number of hydrogen-bond donors (Lipinski definition) is 1. The Bertz CT molecular complexity index is 352. The fourth-order valence-corrected chi connectivity index (χ4v) is 3.03. The molecule has 114 valence electrons. The van der Waals surface area contributed by atoms with Gasteiger partial charge < -0.3 is 15.2 Å². The summed E-state index contributed by atoms with van der Waals surface area (Å²) in [5.74, 6) is 1.99. The molecule has 0 unspecified atom stereocenters. The molecule has 0 saturated heterocycles. The van der Waals surface area contributed by atoms with E-state index in [1.54, 1.807) is 0 Å². The number of rotatable bonds is 6. The largest absolute Gasteiger partial charge is 0.496 e. The predicted molar refractivity (Wildman–Crippen MR) is 82.2 cm³/mol. The standard InChI is InChI=1S/C17H29NO2/c1-17(9-4-2-3-5-10-17)14-20-16-8-6-7-15(13-16)19-12-11-18/h8,13H,2-7,9-12,14,18H2,1H3. The smallest absolute Gasteiger partial charge is 0.118 e. The molecule has 2 N–H and O–H groups in total. The first-order valence-corrected chi connectivity index (χ1v) is 8.08. The third kappa shape index (κ3) is 4.86. The van der Waals surface area contributed by atoms with Crippen LogP contribution in [0, 0.1) is 5.41 Å². The average molecular weight is 279 g/mol. The van der Waals surface area contributed by atoms with Gasteiger partial charge in [-0.2, -0.15) is 0 Å². The Balaban J connectivity index is 1.83. The Hall–Kier alpha value is -0.960. The molecule has 0 aromatic rings. The summed E-state index contributed by atoms with van der Waals surface area (Å²) < 4.78 is 11.7. The molecule has 2 aliphatic rings. The molecule has 0 aliphatic heterocycles. The zero-order valence-electron chi connectivity index (χ0n) is 12.8. The Morgan fingerprint density at radius 1 is 1.15 bits per heavy atom. The zero-order chi connectivity index (χ0) is 14.3. The van der Waals surface area contributed by atoms with Crippen LogP contribution in [-0.4, -0.2) is 19.8 Å². The molecule has 2 aliphatic carbocycles. The Labute approximate surface area is 123 Å². The minimum absolute atomic E-state index is 0.348. The average Bonchev–Trinajstić information content (AvgIpc) is 2.69. The lowest BCUT2D eigenvalue weighted by Gasteiger charge is -2.28. The van der Waals surface area contributed by atoms with Gasteiger partial charge in [-0.25, -0.2) is 0 Å². The van der Waals surface area contributed by atoms with Crippen LogP contribution < -0.4 is 5.73 Å². The molecule has 0 aromatic carbocycles. The quantitative estimate of drug-likeness (QED) is 0.750. The van der Waals surface area contributed by atoms with Crippen LogP contribution in [-0.2, 0) is 9.47 Å². The number of hydrogen-bond acceptors (Lipinski definition) is 3. The van der Waals surface area contributed by atoms with Gasteiger partial charge in [0.25, 0.3) is 0 Å². The van der Waals surface area contributed by atoms with Crippen molar-refractivity contribution in [3.8, 4) is 0 Å². The summed E-state index contributed by atoms with van der Waals surface area (Å²) in [7, 11) is 0. The second kappa shape index (κ2) is 7.72. The summed E-state index contributed by atoms with van der Waals surface area (Å²) in [6.45, 7) is 4.36. The summed E-state index contributed by atoms with van der Waals surface area (Å²) in [6.07, 6.45) is 14.2. The van der Waals surface area contributed by atoms with E-state index in [-0.39, 0.29) is 0 Å². The maximum Gasteiger partial charge on any atom is 0.118 e. The van der Waals surface area contributed by atoms with Crippen LogP contribution in [0.25, 0.3) is 0 Å². The second-order valence-electron chi connectivity index (χ2n) is 6.41. The van der Waals surface area contributed by atoms with E-state index in [1.165, 1.54) is 38.5 Å². The third-order valence-electron chi connectivity index (χ3n) is 4.34. The van der Waals surface area contributed by atoms with Crippen LogP contribution in [0.4, 0.5) is 0 Å². The van der Waals surface area contributed by atoms with Crippen molar-refractivity contribution < 1.29 is 9.47 Å². The first kappa shape index (κ1) is 15.4. The van der Waals surface area contributed by atoms with Crippen LogP contribution in [0.1, 0.15) is 58.3 Å². The molecule has 0 aromatic heterocycles. The molecule has 0 bridgehead atoms. The van der Waals surface area contributed by atoms with Gasteiger partial charge in [-0.3, -0.25) is 0 Å². The molecule has 1 fully saturated rings. The molecule has 3 heteroatoms. The van der Waals surface area contributed by atoms with Crippen molar-refractivity contribution in [2.45, 2.75) is 58.3 Å². The van der Waals surface area contributed by atoms with E-state index in [0.717, 1.165) is 31.0 Å².